The van der Waals surface area contributed by atoms with Crippen LogP contribution in [0.2, 0.25) is 0 Å². The first-order valence-electron chi connectivity index (χ1n) is 7.10. The van der Waals surface area contributed by atoms with Crippen LogP contribution < -0.4 is 5.32 Å². The average molecular weight is 246 g/mol. The van der Waals surface area contributed by atoms with Crippen molar-refractivity contribution in [3.63, 3.8) is 0 Å². The molecule has 0 bridgehead atoms. The number of rotatable bonds is 4. The van der Waals surface area contributed by atoms with Crippen LogP contribution in [0.3, 0.4) is 0 Å². The van der Waals surface area contributed by atoms with Gasteiger partial charge in [-0.15, -0.1) is 0 Å². The van der Waals surface area contributed by atoms with Crippen LogP contribution in [-0.2, 0) is 6.54 Å². The van der Waals surface area contributed by atoms with Crippen molar-refractivity contribution in [3.05, 3.63) is 34.9 Å². The minimum absolute atomic E-state index is 0.877. The van der Waals surface area contributed by atoms with Crippen LogP contribution in [0.25, 0.3) is 0 Å². The highest BCUT2D eigenvalue weighted by molar-refractivity contribution is 5.28. The summed E-state index contributed by atoms with van der Waals surface area (Å²) < 4.78 is 0. The summed E-state index contributed by atoms with van der Waals surface area (Å²) in [6.45, 7) is 9.07. The van der Waals surface area contributed by atoms with Gasteiger partial charge in [0.15, 0.2) is 0 Å². The van der Waals surface area contributed by atoms with E-state index in [-0.39, 0.29) is 0 Å². The Hall–Kier alpha value is -0.860. The van der Waals surface area contributed by atoms with E-state index >= 15 is 0 Å². The van der Waals surface area contributed by atoms with Gasteiger partial charge in [-0.3, -0.25) is 0 Å². The van der Waals surface area contributed by atoms with Crippen molar-refractivity contribution < 1.29 is 0 Å². The first-order chi connectivity index (χ1) is 8.63. The van der Waals surface area contributed by atoms with Crippen LogP contribution in [0.1, 0.15) is 29.5 Å². The van der Waals surface area contributed by atoms with E-state index < -0.39 is 0 Å². The molecular weight excluding hydrogens is 220 g/mol. The SMILES string of the molecule is Cc1cc(C)cc(CN(C)CC2CCNCC2)c1. The zero-order valence-corrected chi connectivity index (χ0v) is 12.0. The Morgan fingerprint density at radius 2 is 1.72 bits per heavy atom. The van der Waals surface area contributed by atoms with E-state index in [1.54, 1.807) is 0 Å². The molecule has 1 N–H and O–H groups in total. The van der Waals surface area contributed by atoms with Gasteiger partial charge in [-0.05, 0) is 58.3 Å². The van der Waals surface area contributed by atoms with Crippen molar-refractivity contribution in [2.75, 3.05) is 26.7 Å². The highest BCUT2D eigenvalue weighted by Gasteiger charge is 2.15. The molecule has 0 aliphatic carbocycles. The van der Waals surface area contributed by atoms with Crippen molar-refractivity contribution in [2.24, 2.45) is 5.92 Å². The third kappa shape index (κ3) is 4.11. The molecule has 1 aliphatic heterocycles. The van der Waals surface area contributed by atoms with Gasteiger partial charge in [0, 0.05) is 13.1 Å². The molecule has 0 atom stereocenters. The molecule has 0 aromatic heterocycles. The Morgan fingerprint density at radius 1 is 1.11 bits per heavy atom. The summed E-state index contributed by atoms with van der Waals surface area (Å²) in [6.07, 6.45) is 2.66. The van der Waals surface area contributed by atoms with Gasteiger partial charge in [0.2, 0.25) is 0 Å². The quantitative estimate of drug-likeness (QED) is 0.879. The molecule has 0 saturated carbocycles. The molecule has 1 aromatic rings. The zero-order chi connectivity index (χ0) is 13.0. The van der Waals surface area contributed by atoms with Crippen LogP contribution in [0.4, 0.5) is 0 Å². The van der Waals surface area contributed by atoms with Crippen molar-refractivity contribution >= 4 is 0 Å². The van der Waals surface area contributed by atoms with Gasteiger partial charge in [-0.25, -0.2) is 0 Å². The second-order valence-electron chi connectivity index (χ2n) is 5.89. The van der Waals surface area contributed by atoms with Gasteiger partial charge in [0.05, 0.1) is 0 Å². The summed E-state index contributed by atoms with van der Waals surface area (Å²) in [5.41, 5.74) is 4.20. The molecule has 1 fully saturated rings. The normalized spacial score (nSPS) is 17.3. The number of nitrogens with one attached hydrogen (secondary N) is 1. The fourth-order valence-corrected chi connectivity index (χ4v) is 3.04. The molecule has 0 radical (unpaired) electrons. The number of hydrogen-bond acceptors (Lipinski definition) is 2. The third-order valence-corrected chi connectivity index (χ3v) is 3.76. The number of hydrogen-bond donors (Lipinski definition) is 1. The van der Waals surface area contributed by atoms with Gasteiger partial charge >= 0.3 is 0 Å². The molecule has 1 saturated heterocycles. The minimum Gasteiger partial charge on any atom is -0.317 e. The molecule has 1 heterocycles. The van der Waals surface area contributed by atoms with E-state index in [4.69, 9.17) is 0 Å². The van der Waals surface area contributed by atoms with E-state index in [2.05, 4.69) is 49.3 Å². The van der Waals surface area contributed by atoms with Crippen LogP contribution >= 0.6 is 0 Å². The highest BCUT2D eigenvalue weighted by Crippen LogP contribution is 2.15. The monoisotopic (exact) mass is 246 g/mol. The summed E-state index contributed by atoms with van der Waals surface area (Å²) in [7, 11) is 2.25. The van der Waals surface area contributed by atoms with Gasteiger partial charge in [-0.2, -0.15) is 0 Å². The maximum Gasteiger partial charge on any atom is 0.0231 e. The first kappa shape index (κ1) is 13.6. The van der Waals surface area contributed by atoms with Crippen LogP contribution in [-0.4, -0.2) is 31.6 Å². The van der Waals surface area contributed by atoms with E-state index in [0.29, 0.717) is 0 Å². The van der Waals surface area contributed by atoms with E-state index in [9.17, 15) is 0 Å². The molecule has 100 valence electrons. The number of nitrogens with zero attached hydrogens (tertiary/aromatic N) is 1. The Kier molecular flexibility index (Phi) is 4.79. The predicted octanol–water partition coefficient (Wildman–Crippen LogP) is 2.73. The molecule has 0 amide bonds. The molecule has 18 heavy (non-hydrogen) atoms. The van der Waals surface area contributed by atoms with Crippen molar-refractivity contribution in [1.29, 1.82) is 0 Å². The minimum atomic E-state index is 0.877. The van der Waals surface area contributed by atoms with Gasteiger partial charge in [-0.1, -0.05) is 29.3 Å². The first-order valence-corrected chi connectivity index (χ1v) is 7.10. The van der Waals surface area contributed by atoms with E-state index in [1.165, 1.54) is 49.2 Å². The maximum absolute atomic E-state index is 3.43. The second-order valence-corrected chi connectivity index (χ2v) is 5.89. The second kappa shape index (κ2) is 6.35. The third-order valence-electron chi connectivity index (χ3n) is 3.76. The van der Waals surface area contributed by atoms with Gasteiger partial charge < -0.3 is 10.2 Å². The summed E-state index contributed by atoms with van der Waals surface area (Å²) in [6, 6.07) is 6.87. The molecule has 1 aromatic carbocycles. The lowest BCUT2D eigenvalue weighted by atomic mass is 9.97. The van der Waals surface area contributed by atoms with Crippen LogP contribution in [0.15, 0.2) is 18.2 Å². The Balaban J connectivity index is 1.87. The standard InChI is InChI=1S/C16H26N2/c1-13-8-14(2)10-16(9-13)12-18(3)11-15-4-6-17-7-5-15/h8-10,15,17H,4-7,11-12H2,1-3H3. The number of benzene rings is 1. The number of piperidine rings is 1. The van der Waals surface area contributed by atoms with Crippen LogP contribution in [0, 0.1) is 19.8 Å². The highest BCUT2D eigenvalue weighted by atomic mass is 15.1. The fourth-order valence-electron chi connectivity index (χ4n) is 3.04. The van der Waals surface area contributed by atoms with Gasteiger partial charge in [0.1, 0.15) is 0 Å². The summed E-state index contributed by atoms with van der Waals surface area (Å²) in [4.78, 5) is 2.48. The smallest absolute Gasteiger partial charge is 0.0231 e. The molecule has 0 unspecified atom stereocenters. The summed E-state index contributed by atoms with van der Waals surface area (Å²) >= 11 is 0. The van der Waals surface area contributed by atoms with Gasteiger partial charge in [0.25, 0.3) is 0 Å². The Labute approximate surface area is 111 Å². The number of aryl methyl sites for hydroxylation is 2. The molecule has 2 rings (SSSR count). The molecule has 1 aliphatic rings. The van der Waals surface area contributed by atoms with Crippen molar-refractivity contribution in [2.45, 2.75) is 33.2 Å². The predicted molar refractivity (Wildman–Crippen MR) is 77.8 cm³/mol. The fraction of sp³-hybridized carbons (Fsp3) is 0.625. The van der Waals surface area contributed by atoms with Crippen LogP contribution in [0.5, 0.6) is 0 Å². The van der Waals surface area contributed by atoms with Crippen molar-refractivity contribution in [1.82, 2.24) is 10.2 Å². The lowest BCUT2D eigenvalue weighted by Crippen LogP contribution is -2.34. The Morgan fingerprint density at radius 3 is 2.33 bits per heavy atom. The average Bonchev–Trinajstić information content (AvgIpc) is 2.28. The molecule has 2 heteroatoms. The summed E-state index contributed by atoms with van der Waals surface area (Å²) in [5, 5.41) is 3.43. The van der Waals surface area contributed by atoms with E-state index in [0.717, 1.165) is 12.5 Å². The lowest BCUT2D eigenvalue weighted by Gasteiger charge is -2.27. The molecular formula is C16H26N2. The van der Waals surface area contributed by atoms with E-state index in [1.807, 2.05) is 0 Å². The van der Waals surface area contributed by atoms with Crippen molar-refractivity contribution in [3.8, 4) is 0 Å². The Bertz CT molecular complexity index is 360. The zero-order valence-electron chi connectivity index (χ0n) is 12.0. The topological polar surface area (TPSA) is 15.3 Å². The largest absolute Gasteiger partial charge is 0.317 e. The molecule has 2 nitrogen and oxygen atoms in total. The maximum atomic E-state index is 3.43. The summed E-state index contributed by atoms with van der Waals surface area (Å²) in [5.74, 6) is 0.877. The molecule has 0 spiro atoms. The lowest BCUT2D eigenvalue weighted by molar-refractivity contribution is 0.234.